The number of nitrogens with two attached hydrogens (primary N) is 1. The Labute approximate surface area is 97.4 Å². The first-order valence-electron chi connectivity index (χ1n) is 4.57. The highest BCUT2D eigenvalue weighted by atomic mass is 79.9. The second-order valence-electron chi connectivity index (χ2n) is 3.96. The van der Waals surface area contributed by atoms with Crippen LogP contribution in [-0.4, -0.2) is 17.4 Å². The van der Waals surface area contributed by atoms with Crippen molar-refractivity contribution in [3.63, 3.8) is 0 Å². The van der Waals surface area contributed by atoms with E-state index in [1.807, 2.05) is 12.1 Å². The predicted octanol–water partition coefficient (Wildman–Crippen LogP) is 1.77. The number of nitrogens with zero attached hydrogens (tertiary/aromatic N) is 1. The highest BCUT2D eigenvalue weighted by molar-refractivity contribution is 9.10. The zero-order valence-corrected chi connectivity index (χ0v) is 10.3. The van der Waals surface area contributed by atoms with E-state index in [1.54, 1.807) is 20.0 Å². The molecule has 1 aromatic rings. The van der Waals surface area contributed by atoms with E-state index in [-0.39, 0.29) is 5.91 Å². The van der Waals surface area contributed by atoms with E-state index < -0.39 is 5.41 Å². The largest absolute Gasteiger partial charge is 0.369 e. The van der Waals surface area contributed by atoms with Gasteiger partial charge in [-0.25, -0.2) is 4.98 Å². The van der Waals surface area contributed by atoms with Gasteiger partial charge in [0.2, 0.25) is 5.91 Å². The number of primary amides is 1. The quantitative estimate of drug-likeness (QED) is 0.877. The molecule has 82 valence electrons. The molecule has 0 aliphatic heterocycles. The number of hydrogen-bond acceptors (Lipinski definition) is 3. The fourth-order valence-electron chi connectivity index (χ4n) is 0.879. The van der Waals surface area contributed by atoms with Crippen LogP contribution in [0, 0.1) is 5.41 Å². The number of amides is 1. The Morgan fingerprint density at radius 2 is 2.27 bits per heavy atom. The van der Waals surface area contributed by atoms with E-state index in [2.05, 4.69) is 26.2 Å². The Kier molecular flexibility index (Phi) is 3.68. The number of pyridine rings is 1. The summed E-state index contributed by atoms with van der Waals surface area (Å²) < 4.78 is 0.919. The number of nitrogens with one attached hydrogen (secondary N) is 1. The molecule has 0 aliphatic rings. The van der Waals surface area contributed by atoms with E-state index >= 15 is 0 Å². The molecule has 5 heteroatoms. The van der Waals surface area contributed by atoms with Crippen molar-refractivity contribution in [3.05, 3.63) is 22.8 Å². The summed E-state index contributed by atoms with van der Waals surface area (Å²) in [5.41, 5.74) is 4.68. The maximum absolute atomic E-state index is 11.1. The summed E-state index contributed by atoms with van der Waals surface area (Å²) in [7, 11) is 0. The van der Waals surface area contributed by atoms with Gasteiger partial charge in [-0.1, -0.05) is 0 Å². The van der Waals surface area contributed by atoms with Gasteiger partial charge in [0.15, 0.2) is 0 Å². The Morgan fingerprint density at radius 1 is 1.60 bits per heavy atom. The van der Waals surface area contributed by atoms with E-state index in [4.69, 9.17) is 5.73 Å². The third kappa shape index (κ3) is 3.51. The second-order valence-corrected chi connectivity index (χ2v) is 4.88. The molecule has 0 radical (unpaired) electrons. The van der Waals surface area contributed by atoms with Crippen molar-refractivity contribution < 1.29 is 4.79 Å². The normalized spacial score (nSPS) is 11.1. The van der Waals surface area contributed by atoms with Crippen LogP contribution in [-0.2, 0) is 4.79 Å². The lowest BCUT2D eigenvalue weighted by atomic mass is 9.93. The average molecular weight is 272 g/mol. The lowest BCUT2D eigenvalue weighted by Crippen LogP contribution is -2.37. The summed E-state index contributed by atoms with van der Waals surface area (Å²) in [5.74, 6) is 0.402. The first-order valence-corrected chi connectivity index (χ1v) is 5.36. The predicted molar refractivity (Wildman–Crippen MR) is 63.4 cm³/mol. The first-order chi connectivity index (χ1) is 6.92. The maximum Gasteiger partial charge on any atom is 0.224 e. The number of carbonyl (C=O) groups is 1. The molecule has 1 amide bonds. The molecule has 0 aromatic carbocycles. The summed E-state index contributed by atoms with van der Waals surface area (Å²) in [4.78, 5) is 15.2. The number of hydrogen-bond donors (Lipinski definition) is 2. The topological polar surface area (TPSA) is 68.0 Å². The molecule has 0 spiro atoms. The van der Waals surface area contributed by atoms with Crippen LogP contribution in [0.25, 0.3) is 0 Å². The fraction of sp³-hybridized carbons (Fsp3) is 0.400. The average Bonchev–Trinajstić information content (AvgIpc) is 2.17. The molecule has 1 aromatic heterocycles. The van der Waals surface area contributed by atoms with Gasteiger partial charge < -0.3 is 11.1 Å². The smallest absolute Gasteiger partial charge is 0.224 e. The summed E-state index contributed by atoms with van der Waals surface area (Å²) in [6.07, 6.45) is 1.69. The van der Waals surface area contributed by atoms with E-state index in [9.17, 15) is 4.79 Å². The van der Waals surface area contributed by atoms with Crippen LogP contribution >= 0.6 is 15.9 Å². The number of rotatable bonds is 4. The third-order valence-electron chi connectivity index (χ3n) is 2.11. The SMILES string of the molecule is CC(C)(CNc1ccc(Br)cn1)C(N)=O. The number of halogens is 1. The molecule has 1 heterocycles. The molecule has 4 nitrogen and oxygen atoms in total. The third-order valence-corrected chi connectivity index (χ3v) is 2.57. The van der Waals surface area contributed by atoms with Crippen molar-refractivity contribution in [2.45, 2.75) is 13.8 Å². The Morgan fingerprint density at radius 3 is 2.73 bits per heavy atom. The molecule has 0 saturated heterocycles. The summed E-state index contributed by atoms with van der Waals surface area (Å²) in [6, 6.07) is 3.72. The molecular weight excluding hydrogens is 258 g/mol. The van der Waals surface area contributed by atoms with Gasteiger partial charge >= 0.3 is 0 Å². The lowest BCUT2D eigenvalue weighted by Gasteiger charge is -2.20. The highest BCUT2D eigenvalue weighted by Gasteiger charge is 2.24. The van der Waals surface area contributed by atoms with Gasteiger partial charge in [0.25, 0.3) is 0 Å². The number of aromatic nitrogens is 1. The molecule has 0 unspecified atom stereocenters. The zero-order valence-electron chi connectivity index (χ0n) is 8.75. The monoisotopic (exact) mass is 271 g/mol. The minimum Gasteiger partial charge on any atom is -0.369 e. The minimum absolute atomic E-state index is 0.327. The summed E-state index contributed by atoms with van der Waals surface area (Å²) in [6.45, 7) is 4.05. The fourth-order valence-corrected chi connectivity index (χ4v) is 1.11. The molecule has 15 heavy (non-hydrogen) atoms. The van der Waals surface area contributed by atoms with E-state index in [1.165, 1.54) is 0 Å². The number of carbonyl (C=O) groups excluding carboxylic acids is 1. The molecule has 3 N–H and O–H groups in total. The van der Waals surface area contributed by atoms with E-state index in [0.29, 0.717) is 6.54 Å². The van der Waals surface area contributed by atoms with Gasteiger partial charge in [-0.15, -0.1) is 0 Å². The van der Waals surface area contributed by atoms with Crippen molar-refractivity contribution >= 4 is 27.7 Å². The lowest BCUT2D eigenvalue weighted by molar-refractivity contribution is -0.125. The van der Waals surface area contributed by atoms with Crippen LogP contribution in [0.15, 0.2) is 22.8 Å². The van der Waals surface area contributed by atoms with Crippen LogP contribution in [0.3, 0.4) is 0 Å². The highest BCUT2D eigenvalue weighted by Crippen LogP contribution is 2.16. The van der Waals surface area contributed by atoms with Crippen LogP contribution in [0.2, 0.25) is 0 Å². The second kappa shape index (κ2) is 4.61. The van der Waals surface area contributed by atoms with Gasteiger partial charge in [0, 0.05) is 17.2 Å². The maximum atomic E-state index is 11.1. The molecule has 0 saturated carbocycles. The van der Waals surface area contributed by atoms with Crippen LogP contribution in [0.5, 0.6) is 0 Å². The Bertz CT molecular complexity index is 348. The van der Waals surface area contributed by atoms with Crippen molar-refractivity contribution in [2.75, 3.05) is 11.9 Å². The first kappa shape index (κ1) is 12.0. The minimum atomic E-state index is -0.575. The summed E-state index contributed by atoms with van der Waals surface area (Å²) >= 11 is 3.29. The van der Waals surface area contributed by atoms with Crippen LogP contribution in [0.4, 0.5) is 5.82 Å². The van der Waals surface area contributed by atoms with Gasteiger partial charge in [0.05, 0.1) is 5.41 Å². The van der Waals surface area contributed by atoms with Crippen molar-refractivity contribution in [2.24, 2.45) is 11.1 Å². The van der Waals surface area contributed by atoms with Crippen LogP contribution in [0.1, 0.15) is 13.8 Å². The molecule has 0 fully saturated rings. The van der Waals surface area contributed by atoms with Crippen molar-refractivity contribution in [1.29, 1.82) is 0 Å². The molecule has 0 aliphatic carbocycles. The van der Waals surface area contributed by atoms with Gasteiger partial charge in [-0.05, 0) is 41.9 Å². The van der Waals surface area contributed by atoms with Crippen molar-refractivity contribution in [3.8, 4) is 0 Å². The zero-order chi connectivity index (χ0) is 11.5. The molecular formula is C10H14BrN3O. The Balaban J connectivity index is 2.57. The van der Waals surface area contributed by atoms with Crippen molar-refractivity contribution in [1.82, 2.24) is 4.98 Å². The Hall–Kier alpha value is -1.10. The molecule has 1 rings (SSSR count). The standard InChI is InChI=1S/C10H14BrN3O/c1-10(2,9(12)15)6-14-8-4-3-7(11)5-13-8/h3-5H,6H2,1-2H3,(H2,12,15)(H,13,14). The number of anilines is 1. The van der Waals surface area contributed by atoms with Gasteiger partial charge in [-0.2, -0.15) is 0 Å². The van der Waals surface area contributed by atoms with Gasteiger partial charge in [0.1, 0.15) is 5.82 Å². The molecule has 0 bridgehead atoms. The molecule has 0 atom stereocenters. The van der Waals surface area contributed by atoms with E-state index in [0.717, 1.165) is 10.3 Å². The van der Waals surface area contributed by atoms with Crippen LogP contribution < -0.4 is 11.1 Å². The van der Waals surface area contributed by atoms with Gasteiger partial charge in [-0.3, -0.25) is 4.79 Å². The summed E-state index contributed by atoms with van der Waals surface area (Å²) in [5, 5.41) is 3.06.